The van der Waals surface area contributed by atoms with Crippen LogP contribution < -0.4 is 0 Å². The van der Waals surface area contributed by atoms with E-state index in [-0.39, 0.29) is 15.6 Å². The molecule has 32 heavy (non-hydrogen) atoms. The molecule has 0 fully saturated rings. The maximum atomic E-state index is 13.2. The second-order valence-corrected chi connectivity index (χ2v) is 9.38. The Morgan fingerprint density at radius 1 is 0.906 bits per heavy atom. The van der Waals surface area contributed by atoms with Crippen molar-refractivity contribution in [2.45, 2.75) is 22.6 Å². The molecular weight excluding hydrogens is 424 g/mol. The average Bonchev–Trinajstić information content (AvgIpc) is 3.30. The van der Waals surface area contributed by atoms with Gasteiger partial charge in [0.2, 0.25) is 9.84 Å². The lowest BCUT2D eigenvalue weighted by Crippen LogP contribution is -2.04. The van der Waals surface area contributed by atoms with Gasteiger partial charge >= 0.3 is 0 Å². The first-order valence-corrected chi connectivity index (χ1v) is 11.5. The van der Waals surface area contributed by atoms with Crippen LogP contribution in [0.3, 0.4) is 0 Å². The summed E-state index contributed by atoms with van der Waals surface area (Å²) in [7, 11) is -3.72. The molecule has 0 saturated heterocycles. The van der Waals surface area contributed by atoms with Crippen molar-refractivity contribution in [3.05, 3.63) is 90.5 Å². The number of hydrogen-bond acceptors (Lipinski definition) is 6. The number of sulfone groups is 1. The summed E-state index contributed by atoms with van der Waals surface area (Å²) in [4.78, 5) is 21.2. The molecule has 0 radical (unpaired) electrons. The average molecular weight is 443 g/mol. The number of hydrogen-bond donors (Lipinski definition) is 1. The van der Waals surface area contributed by atoms with Crippen molar-refractivity contribution in [2.75, 3.05) is 0 Å². The molecule has 0 aliphatic heterocycles. The molecule has 158 valence electrons. The molecule has 3 aromatic heterocycles. The summed E-state index contributed by atoms with van der Waals surface area (Å²) in [6, 6.07) is 15.7. The van der Waals surface area contributed by atoms with E-state index in [1.165, 1.54) is 12.4 Å². The zero-order chi connectivity index (χ0) is 22.1. The van der Waals surface area contributed by atoms with E-state index in [0.717, 1.165) is 16.3 Å². The Hall–Kier alpha value is -3.91. The fourth-order valence-electron chi connectivity index (χ4n) is 3.66. The molecule has 0 aliphatic rings. The highest BCUT2D eigenvalue weighted by Crippen LogP contribution is 2.27. The summed E-state index contributed by atoms with van der Waals surface area (Å²) in [6.45, 7) is 0. The van der Waals surface area contributed by atoms with E-state index in [1.54, 1.807) is 54.9 Å². The molecule has 0 amide bonds. The first kappa shape index (κ1) is 20.0. The molecule has 0 saturated carbocycles. The highest BCUT2D eigenvalue weighted by atomic mass is 32.2. The van der Waals surface area contributed by atoms with Crippen LogP contribution in [0, 0.1) is 0 Å². The van der Waals surface area contributed by atoms with Crippen LogP contribution in [0.25, 0.3) is 21.8 Å². The molecular formula is C24H18N4O3S. The van der Waals surface area contributed by atoms with Gasteiger partial charge in [-0.05, 0) is 30.2 Å². The van der Waals surface area contributed by atoms with Crippen molar-refractivity contribution >= 4 is 37.4 Å². The number of aromatic nitrogens is 4. The van der Waals surface area contributed by atoms with E-state index >= 15 is 0 Å². The summed E-state index contributed by atoms with van der Waals surface area (Å²) in [6.07, 6.45) is 6.99. The van der Waals surface area contributed by atoms with Gasteiger partial charge in [-0.1, -0.05) is 36.4 Å². The van der Waals surface area contributed by atoms with Crippen LogP contribution in [0.4, 0.5) is 0 Å². The largest absolute Gasteiger partial charge is 0.294 e. The highest BCUT2D eigenvalue weighted by Gasteiger charge is 2.20. The number of rotatable bonds is 6. The number of pyridine rings is 2. The first-order valence-electron chi connectivity index (χ1n) is 10.0. The number of carbonyl (C=O) groups is 1. The summed E-state index contributed by atoms with van der Waals surface area (Å²) < 4.78 is 26.4. The van der Waals surface area contributed by atoms with E-state index in [0.29, 0.717) is 29.4 Å². The third-order valence-electron chi connectivity index (χ3n) is 5.41. The normalized spacial score (nSPS) is 11.8. The van der Waals surface area contributed by atoms with Gasteiger partial charge in [-0.2, -0.15) is 5.10 Å². The number of ketones is 1. The van der Waals surface area contributed by atoms with Crippen molar-refractivity contribution in [3.8, 4) is 0 Å². The van der Waals surface area contributed by atoms with Gasteiger partial charge < -0.3 is 0 Å². The van der Waals surface area contributed by atoms with Crippen molar-refractivity contribution in [1.29, 1.82) is 0 Å². The molecule has 2 aromatic carbocycles. The molecule has 8 heteroatoms. The molecule has 0 atom stereocenters. The van der Waals surface area contributed by atoms with E-state index in [4.69, 9.17) is 0 Å². The highest BCUT2D eigenvalue weighted by molar-refractivity contribution is 7.91. The monoisotopic (exact) mass is 442 g/mol. The fourth-order valence-corrected chi connectivity index (χ4v) is 5.08. The molecule has 3 heterocycles. The van der Waals surface area contributed by atoms with E-state index in [1.807, 2.05) is 12.1 Å². The molecule has 0 spiro atoms. The SMILES string of the molecule is O=C(CCc1ccc(S(=O)(=O)c2cncc3ccccc23)cc1)c1cnc2[nH]ncc2c1. The maximum Gasteiger partial charge on any atom is 0.208 e. The molecule has 0 unspecified atom stereocenters. The number of nitrogens with zero attached hydrogens (tertiary/aromatic N) is 3. The van der Waals surface area contributed by atoms with Crippen molar-refractivity contribution in [3.63, 3.8) is 0 Å². The van der Waals surface area contributed by atoms with Crippen molar-refractivity contribution in [2.24, 2.45) is 0 Å². The van der Waals surface area contributed by atoms with Crippen molar-refractivity contribution in [1.82, 2.24) is 20.2 Å². The zero-order valence-corrected chi connectivity index (χ0v) is 17.7. The van der Waals surface area contributed by atoms with Crippen LogP contribution in [0.2, 0.25) is 0 Å². The van der Waals surface area contributed by atoms with E-state index in [2.05, 4.69) is 20.2 Å². The minimum atomic E-state index is -3.72. The Morgan fingerprint density at radius 2 is 1.72 bits per heavy atom. The quantitative estimate of drug-likeness (QED) is 0.396. The van der Waals surface area contributed by atoms with Crippen LogP contribution in [0.1, 0.15) is 22.3 Å². The molecule has 5 aromatic rings. The number of nitrogens with one attached hydrogen (secondary N) is 1. The van der Waals surface area contributed by atoms with Crippen LogP contribution >= 0.6 is 0 Å². The number of aryl methyl sites for hydroxylation is 1. The molecule has 1 N–H and O–H groups in total. The van der Waals surface area contributed by atoms with Gasteiger partial charge in [-0.25, -0.2) is 13.4 Å². The number of benzene rings is 2. The number of carbonyl (C=O) groups excluding carboxylic acids is 1. The summed E-state index contributed by atoms with van der Waals surface area (Å²) in [5.74, 6) is -0.0286. The van der Waals surface area contributed by atoms with E-state index in [9.17, 15) is 13.2 Å². The predicted molar refractivity (Wildman–Crippen MR) is 120 cm³/mol. The number of fused-ring (bicyclic) bond motifs is 2. The number of Topliss-reactive ketones (excluding diaryl/α,β-unsaturated/α-hetero) is 1. The molecule has 7 nitrogen and oxygen atoms in total. The van der Waals surface area contributed by atoms with E-state index < -0.39 is 9.84 Å². The zero-order valence-electron chi connectivity index (χ0n) is 16.9. The fraction of sp³-hybridized carbons (Fsp3) is 0.0833. The topological polar surface area (TPSA) is 106 Å². The number of H-pyrrole nitrogens is 1. The lowest BCUT2D eigenvalue weighted by Gasteiger charge is -2.09. The lowest BCUT2D eigenvalue weighted by atomic mass is 10.0. The summed E-state index contributed by atoms with van der Waals surface area (Å²) in [5.41, 5.74) is 2.05. The molecule has 0 bridgehead atoms. The van der Waals surface area contributed by atoms with Gasteiger partial charge in [0, 0.05) is 46.7 Å². The predicted octanol–water partition coefficient (Wildman–Crippen LogP) is 4.15. The van der Waals surface area contributed by atoms with Gasteiger partial charge in [0.15, 0.2) is 11.4 Å². The summed E-state index contributed by atoms with van der Waals surface area (Å²) >= 11 is 0. The minimum absolute atomic E-state index is 0.0286. The standard InChI is InChI=1S/C24H18N4O3S/c29-22(18-11-19-14-27-28-24(19)26-13-18)10-7-16-5-8-20(9-6-16)32(30,31)23-15-25-12-17-3-1-2-4-21(17)23/h1-6,8-9,11-15H,7,10H2,(H,26,27,28). The second kappa shape index (κ2) is 7.97. The third kappa shape index (κ3) is 3.65. The second-order valence-electron chi connectivity index (χ2n) is 7.46. The van der Waals surface area contributed by atoms with Gasteiger partial charge in [-0.3, -0.25) is 14.9 Å². The Labute approximate surface area is 184 Å². The van der Waals surface area contributed by atoms with Crippen LogP contribution in [0.15, 0.2) is 89.2 Å². The Bertz CT molecular complexity index is 1550. The van der Waals surface area contributed by atoms with Gasteiger partial charge in [0.25, 0.3) is 0 Å². The Morgan fingerprint density at radius 3 is 2.56 bits per heavy atom. The first-order chi connectivity index (χ1) is 15.5. The Kier molecular flexibility index (Phi) is 4.99. The van der Waals surface area contributed by atoms with Crippen LogP contribution in [-0.4, -0.2) is 34.4 Å². The molecule has 5 rings (SSSR count). The third-order valence-corrected chi connectivity index (χ3v) is 7.21. The Balaban J connectivity index is 1.34. The summed E-state index contributed by atoms with van der Waals surface area (Å²) in [5, 5.41) is 8.86. The lowest BCUT2D eigenvalue weighted by molar-refractivity contribution is 0.0982. The van der Waals surface area contributed by atoms with Crippen molar-refractivity contribution < 1.29 is 13.2 Å². The maximum absolute atomic E-state index is 13.2. The molecule has 0 aliphatic carbocycles. The van der Waals surface area contributed by atoms with Crippen LogP contribution in [-0.2, 0) is 16.3 Å². The number of aromatic amines is 1. The smallest absolute Gasteiger partial charge is 0.208 e. The van der Waals surface area contributed by atoms with Gasteiger partial charge in [0.05, 0.1) is 16.0 Å². The van der Waals surface area contributed by atoms with Gasteiger partial charge in [0.1, 0.15) is 0 Å². The van der Waals surface area contributed by atoms with Crippen LogP contribution in [0.5, 0.6) is 0 Å². The van der Waals surface area contributed by atoms with Gasteiger partial charge in [-0.15, -0.1) is 0 Å². The minimum Gasteiger partial charge on any atom is -0.294 e.